The first-order valence-electron chi connectivity index (χ1n) is 8.03. The van der Waals surface area contributed by atoms with Gasteiger partial charge in [-0.25, -0.2) is 4.79 Å². The molecule has 0 N–H and O–H groups in total. The maximum Gasteiger partial charge on any atom is 0.410 e. The summed E-state index contributed by atoms with van der Waals surface area (Å²) in [5, 5.41) is 0. The van der Waals surface area contributed by atoms with Crippen LogP contribution in [0.4, 0.5) is 4.79 Å². The number of benzene rings is 1. The van der Waals surface area contributed by atoms with Gasteiger partial charge in [0.25, 0.3) is 0 Å². The molecule has 5 nitrogen and oxygen atoms in total. The summed E-state index contributed by atoms with van der Waals surface area (Å²) in [6, 6.07) is 9.68. The van der Waals surface area contributed by atoms with E-state index in [0.29, 0.717) is 13.2 Å². The predicted octanol–water partition coefficient (Wildman–Crippen LogP) is 3.23. The van der Waals surface area contributed by atoms with Gasteiger partial charge in [0.15, 0.2) is 0 Å². The highest BCUT2D eigenvalue weighted by atomic mass is 16.6. The molecule has 5 heteroatoms. The van der Waals surface area contributed by atoms with Gasteiger partial charge < -0.3 is 19.1 Å². The van der Waals surface area contributed by atoms with E-state index in [1.807, 2.05) is 51.1 Å². The van der Waals surface area contributed by atoms with Crippen LogP contribution in [0.25, 0.3) is 0 Å². The van der Waals surface area contributed by atoms with Crippen molar-refractivity contribution in [1.29, 1.82) is 0 Å². The fraction of sp³-hybridized carbons (Fsp3) is 0.611. The Balaban J connectivity index is 1.93. The molecule has 1 aliphatic rings. The molecular formula is C18H27NO4. The normalized spacial score (nSPS) is 21.5. The Morgan fingerprint density at radius 1 is 1.26 bits per heavy atom. The van der Waals surface area contributed by atoms with E-state index in [1.165, 1.54) is 0 Å². The molecule has 0 radical (unpaired) electrons. The summed E-state index contributed by atoms with van der Waals surface area (Å²) in [5.41, 5.74) is 0.748. The molecule has 1 aromatic carbocycles. The average Bonchev–Trinajstić information content (AvgIpc) is 2.87. The number of hydrogen-bond donors (Lipinski definition) is 0. The number of carbonyl (C=O) groups excluding carboxylic acids is 1. The van der Waals surface area contributed by atoms with Crippen LogP contribution in [0, 0.1) is 0 Å². The molecular weight excluding hydrogens is 294 g/mol. The molecule has 0 aliphatic carbocycles. The lowest BCUT2D eigenvalue weighted by Crippen LogP contribution is -2.39. The number of methoxy groups -OCH3 is 1. The van der Waals surface area contributed by atoms with Crippen LogP contribution < -0.4 is 0 Å². The van der Waals surface area contributed by atoms with Crippen molar-refractivity contribution in [2.75, 3.05) is 20.3 Å². The minimum Gasteiger partial charge on any atom is -0.445 e. The Bertz CT molecular complexity index is 497. The van der Waals surface area contributed by atoms with Crippen molar-refractivity contribution in [2.24, 2.45) is 0 Å². The standard InChI is InChI=1S/C18H27NO4/c1-18(2,3)23-16-10-15(13-21-4)19(11-16)17(20)22-12-14-8-6-5-7-9-14/h5-9,15-16H,10-13H2,1-4H3/t15-,16+/m0/s1. The third kappa shape index (κ3) is 5.52. The highest BCUT2D eigenvalue weighted by Crippen LogP contribution is 2.25. The monoisotopic (exact) mass is 321 g/mol. The SMILES string of the molecule is COC[C@@H]1C[C@@H](OC(C)(C)C)CN1C(=O)OCc1ccccc1. The Kier molecular flexibility index (Phi) is 6.02. The van der Waals surface area contributed by atoms with E-state index >= 15 is 0 Å². The van der Waals surface area contributed by atoms with Gasteiger partial charge in [0, 0.05) is 7.11 Å². The Morgan fingerprint density at radius 2 is 1.96 bits per heavy atom. The van der Waals surface area contributed by atoms with E-state index < -0.39 is 0 Å². The van der Waals surface area contributed by atoms with Gasteiger partial charge in [-0.2, -0.15) is 0 Å². The van der Waals surface area contributed by atoms with E-state index in [9.17, 15) is 4.79 Å². The lowest BCUT2D eigenvalue weighted by Gasteiger charge is -2.25. The molecule has 128 valence electrons. The summed E-state index contributed by atoms with van der Waals surface area (Å²) in [7, 11) is 1.64. The Labute approximate surface area is 138 Å². The van der Waals surface area contributed by atoms with Crippen LogP contribution >= 0.6 is 0 Å². The molecule has 2 rings (SSSR count). The first kappa shape index (κ1) is 17.8. The summed E-state index contributed by atoms with van der Waals surface area (Å²) in [5.74, 6) is 0. The summed E-state index contributed by atoms with van der Waals surface area (Å²) in [6.45, 7) is 7.38. The molecule has 2 atom stereocenters. The van der Waals surface area contributed by atoms with Crippen LogP contribution in [-0.4, -0.2) is 49.0 Å². The molecule has 0 unspecified atom stereocenters. The number of nitrogens with zero attached hydrogens (tertiary/aromatic N) is 1. The molecule has 1 fully saturated rings. The second-order valence-corrected chi connectivity index (χ2v) is 6.89. The topological polar surface area (TPSA) is 48.0 Å². The maximum atomic E-state index is 12.4. The first-order chi connectivity index (χ1) is 10.9. The van der Waals surface area contributed by atoms with Gasteiger partial charge >= 0.3 is 6.09 Å². The summed E-state index contributed by atoms with van der Waals surface area (Å²) in [4.78, 5) is 14.1. The van der Waals surface area contributed by atoms with E-state index in [-0.39, 0.29) is 30.4 Å². The van der Waals surface area contributed by atoms with Crippen molar-refractivity contribution in [1.82, 2.24) is 4.90 Å². The van der Waals surface area contributed by atoms with E-state index in [0.717, 1.165) is 12.0 Å². The fourth-order valence-electron chi connectivity index (χ4n) is 2.84. The molecule has 1 heterocycles. The lowest BCUT2D eigenvalue weighted by atomic mass is 10.1. The molecule has 0 spiro atoms. The molecule has 1 amide bonds. The third-order valence-corrected chi connectivity index (χ3v) is 3.69. The second-order valence-electron chi connectivity index (χ2n) is 6.89. The summed E-state index contributed by atoms with van der Waals surface area (Å²) >= 11 is 0. The average molecular weight is 321 g/mol. The highest BCUT2D eigenvalue weighted by Gasteiger charge is 2.38. The highest BCUT2D eigenvalue weighted by molar-refractivity contribution is 5.68. The molecule has 23 heavy (non-hydrogen) atoms. The second kappa shape index (κ2) is 7.79. The fourth-order valence-corrected chi connectivity index (χ4v) is 2.84. The van der Waals surface area contributed by atoms with Gasteiger partial charge in [-0.3, -0.25) is 0 Å². The van der Waals surface area contributed by atoms with Crippen LogP contribution in [0.2, 0.25) is 0 Å². The van der Waals surface area contributed by atoms with Gasteiger partial charge in [0.2, 0.25) is 0 Å². The predicted molar refractivity (Wildman–Crippen MR) is 88.2 cm³/mol. The van der Waals surface area contributed by atoms with Crippen LogP contribution in [0.1, 0.15) is 32.8 Å². The van der Waals surface area contributed by atoms with Gasteiger partial charge in [-0.1, -0.05) is 30.3 Å². The molecule has 1 aromatic rings. The van der Waals surface area contributed by atoms with Crippen molar-refractivity contribution in [2.45, 2.75) is 51.5 Å². The largest absolute Gasteiger partial charge is 0.445 e. The zero-order valence-electron chi connectivity index (χ0n) is 14.5. The van der Waals surface area contributed by atoms with Crippen LogP contribution in [-0.2, 0) is 20.8 Å². The molecule has 0 saturated carbocycles. The molecule has 1 aliphatic heterocycles. The minimum atomic E-state index is -0.309. The quantitative estimate of drug-likeness (QED) is 0.835. The van der Waals surface area contributed by atoms with Crippen LogP contribution in [0.3, 0.4) is 0 Å². The maximum absolute atomic E-state index is 12.4. The van der Waals surface area contributed by atoms with Gasteiger partial charge in [0.05, 0.1) is 30.9 Å². The van der Waals surface area contributed by atoms with Gasteiger partial charge in [-0.15, -0.1) is 0 Å². The van der Waals surface area contributed by atoms with Crippen LogP contribution in [0.15, 0.2) is 30.3 Å². The zero-order chi connectivity index (χ0) is 16.9. The molecule has 0 bridgehead atoms. The third-order valence-electron chi connectivity index (χ3n) is 3.69. The summed E-state index contributed by atoms with van der Waals surface area (Å²) in [6.07, 6.45) is 0.473. The Hall–Kier alpha value is -1.59. The number of rotatable bonds is 5. The number of likely N-dealkylation sites (tertiary alicyclic amines) is 1. The summed E-state index contributed by atoms with van der Waals surface area (Å²) < 4.78 is 16.7. The number of hydrogen-bond acceptors (Lipinski definition) is 4. The minimum absolute atomic E-state index is 0.00405. The van der Waals surface area contributed by atoms with Crippen molar-refractivity contribution >= 4 is 6.09 Å². The van der Waals surface area contributed by atoms with E-state index in [4.69, 9.17) is 14.2 Å². The smallest absolute Gasteiger partial charge is 0.410 e. The Morgan fingerprint density at radius 3 is 2.57 bits per heavy atom. The van der Waals surface area contributed by atoms with E-state index in [1.54, 1.807) is 12.0 Å². The number of carbonyl (C=O) groups is 1. The van der Waals surface area contributed by atoms with Crippen LogP contribution in [0.5, 0.6) is 0 Å². The van der Waals surface area contributed by atoms with Crippen molar-refractivity contribution in [3.63, 3.8) is 0 Å². The van der Waals surface area contributed by atoms with Crippen molar-refractivity contribution < 1.29 is 19.0 Å². The molecule has 0 aromatic heterocycles. The first-order valence-corrected chi connectivity index (χ1v) is 8.03. The van der Waals surface area contributed by atoms with Crippen molar-refractivity contribution in [3.05, 3.63) is 35.9 Å². The lowest BCUT2D eigenvalue weighted by molar-refractivity contribution is -0.0541. The van der Waals surface area contributed by atoms with Crippen molar-refractivity contribution in [3.8, 4) is 0 Å². The number of ether oxygens (including phenoxy) is 3. The van der Waals surface area contributed by atoms with Gasteiger partial charge in [0.1, 0.15) is 6.61 Å². The van der Waals surface area contributed by atoms with Gasteiger partial charge in [-0.05, 0) is 32.8 Å². The van der Waals surface area contributed by atoms with E-state index in [2.05, 4.69) is 0 Å². The number of amides is 1. The molecule has 1 saturated heterocycles. The zero-order valence-corrected chi connectivity index (χ0v) is 14.5.